The van der Waals surface area contributed by atoms with Crippen LogP contribution < -0.4 is 5.32 Å². The molecule has 0 radical (unpaired) electrons. The van der Waals surface area contributed by atoms with Crippen LogP contribution in [0.3, 0.4) is 0 Å². The Hall–Kier alpha value is -3.84. The molecule has 0 aliphatic rings. The number of imidazole rings is 1. The number of aromatic nitrogens is 3. The van der Waals surface area contributed by atoms with Gasteiger partial charge in [0.2, 0.25) is 5.91 Å². The topological polar surface area (TPSA) is 59.8 Å². The molecule has 0 spiro atoms. The quantitative estimate of drug-likeness (QED) is 0.357. The Morgan fingerprint density at radius 3 is 2.58 bits per heavy atom. The Labute approximate surface area is 194 Å². The summed E-state index contributed by atoms with van der Waals surface area (Å²) in [5.74, 6) is -0.452. The Morgan fingerprint density at radius 1 is 1.00 bits per heavy atom. The highest BCUT2D eigenvalue weighted by Crippen LogP contribution is 2.24. The van der Waals surface area contributed by atoms with Gasteiger partial charge in [-0.25, -0.2) is 14.4 Å². The molecule has 0 aliphatic heterocycles. The number of halogens is 1. The molecule has 5 aromatic rings. The Kier molecular flexibility index (Phi) is 5.95. The van der Waals surface area contributed by atoms with E-state index in [4.69, 9.17) is 0 Å². The molecule has 1 unspecified atom stereocenters. The van der Waals surface area contributed by atoms with E-state index < -0.39 is 0 Å². The first kappa shape index (κ1) is 21.0. The molecule has 0 saturated carbocycles. The predicted octanol–water partition coefficient (Wildman–Crippen LogP) is 5.40. The van der Waals surface area contributed by atoms with Crippen molar-refractivity contribution in [2.75, 3.05) is 0 Å². The molecule has 2 aromatic heterocycles. The van der Waals surface area contributed by atoms with Gasteiger partial charge in [-0.2, -0.15) is 0 Å². The highest BCUT2D eigenvalue weighted by molar-refractivity contribution is 7.13. The molecule has 0 fully saturated rings. The van der Waals surface area contributed by atoms with Gasteiger partial charge in [-0.15, -0.1) is 11.3 Å². The van der Waals surface area contributed by atoms with Gasteiger partial charge in [0, 0.05) is 17.5 Å². The van der Waals surface area contributed by atoms with Crippen LogP contribution in [0.1, 0.15) is 17.3 Å². The summed E-state index contributed by atoms with van der Waals surface area (Å²) in [4.78, 5) is 22.0. The van der Waals surface area contributed by atoms with E-state index in [1.807, 2.05) is 64.5 Å². The zero-order chi connectivity index (χ0) is 22.6. The maximum atomic E-state index is 13.5. The monoisotopic (exact) mass is 456 g/mol. The van der Waals surface area contributed by atoms with Crippen molar-refractivity contribution in [3.63, 3.8) is 0 Å². The highest BCUT2D eigenvalue weighted by Gasteiger charge is 2.18. The summed E-state index contributed by atoms with van der Waals surface area (Å²) >= 11 is 1.52. The summed E-state index contributed by atoms with van der Waals surface area (Å²) in [5.41, 5.74) is 4.45. The standard InChI is InChI=1S/C26H21FN4OS/c27-20-12-10-18(11-13-20)23(15-31-17-28-22-8-4-5-9-24(22)31)30-25(32)14-21-16-33-26(29-21)19-6-2-1-3-7-19/h1-13,16-17,23H,14-15H2,(H,30,32). The molecule has 164 valence electrons. The second kappa shape index (κ2) is 9.34. The first-order chi connectivity index (χ1) is 16.2. The fourth-order valence-electron chi connectivity index (χ4n) is 3.79. The van der Waals surface area contributed by atoms with Crippen LogP contribution in [0.15, 0.2) is 90.6 Å². The van der Waals surface area contributed by atoms with E-state index in [9.17, 15) is 9.18 Å². The second-order valence-corrected chi connectivity index (χ2v) is 8.60. The van der Waals surface area contributed by atoms with Crippen molar-refractivity contribution >= 4 is 28.3 Å². The summed E-state index contributed by atoms with van der Waals surface area (Å²) in [6.45, 7) is 0.476. The second-order valence-electron chi connectivity index (χ2n) is 7.74. The number of carbonyl (C=O) groups is 1. The number of benzene rings is 3. The van der Waals surface area contributed by atoms with Crippen molar-refractivity contribution < 1.29 is 9.18 Å². The van der Waals surface area contributed by atoms with Gasteiger partial charge in [0.25, 0.3) is 0 Å². The summed E-state index contributed by atoms with van der Waals surface area (Å²) in [5, 5.41) is 5.91. The van der Waals surface area contributed by atoms with Gasteiger partial charge >= 0.3 is 0 Å². The molecule has 0 bridgehead atoms. The van der Waals surface area contributed by atoms with Crippen molar-refractivity contribution in [1.29, 1.82) is 0 Å². The van der Waals surface area contributed by atoms with Crippen LogP contribution in [0.5, 0.6) is 0 Å². The van der Waals surface area contributed by atoms with Crippen molar-refractivity contribution in [3.8, 4) is 10.6 Å². The zero-order valence-corrected chi connectivity index (χ0v) is 18.5. The third-order valence-corrected chi connectivity index (χ3v) is 6.37. The van der Waals surface area contributed by atoms with E-state index >= 15 is 0 Å². The Balaban J connectivity index is 1.35. The van der Waals surface area contributed by atoms with Gasteiger partial charge in [0.15, 0.2) is 0 Å². The van der Waals surface area contributed by atoms with E-state index in [-0.39, 0.29) is 24.2 Å². The maximum absolute atomic E-state index is 13.5. The van der Waals surface area contributed by atoms with Crippen LogP contribution >= 0.6 is 11.3 Å². The molecule has 0 saturated heterocycles. The smallest absolute Gasteiger partial charge is 0.226 e. The number of carbonyl (C=O) groups excluding carboxylic acids is 1. The van der Waals surface area contributed by atoms with E-state index in [1.165, 1.54) is 23.5 Å². The number of nitrogens with one attached hydrogen (secondary N) is 1. The van der Waals surface area contributed by atoms with E-state index in [1.54, 1.807) is 18.5 Å². The fraction of sp³-hybridized carbons (Fsp3) is 0.115. The molecular weight excluding hydrogens is 435 g/mol. The summed E-state index contributed by atoms with van der Waals surface area (Å²) < 4.78 is 15.5. The van der Waals surface area contributed by atoms with Crippen LogP contribution in [0, 0.1) is 5.82 Å². The number of hydrogen-bond acceptors (Lipinski definition) is 4. The van der Waals surface area contributed by atoms with Gasteiger partial charge in [0.05, 0.1) is 35.5 Å². The average Bonchev–Trinajstić information content (AvgIpc) is 3.47. The molecule has 1 N–H and O–H groups in total. The number of para-hydroxylation sites is 2. The highest BCUT2D eigenvalue weighted by atomic mass is 32.1. The van der Waals surface area contributed by atoms with Crippen LogP contribution in [-0.4, -0.2) is 20.4 Å². The lowest BCUT2D eigenvalue weighted by Gasteiger charge is -2.20. The van der Waals surface area contributed by atoms with E-state index in [0.717, 1.165) is 32.9 Å². The molecule has 2 heterocycles. The van der Waals surface area contributed by atoms with Crippen LogP contribution in [0.2, 0.25) is 0 Å². The van der Waals surface area contributed by atoms with Crippen molar-refractivity contribution in [2.24, 2.45) is 0 Å². The lowest BCUT2D eigenvalue weighted by atomic mass is 10.1. The summed E-state index contributed by atoms with van der Waals surface area (Å²) in [7, 11) is 0. The maximum Gasteiger partial charge on any atom is 0.226 e. The average molecular weight is 457 g/mol. The molecule has 1 amide bonds. The number of nitrogens with zero attached hydrogens (tertiary/aromatic N) is 3. The number of thiazole rings is 1. The SMILES string of the molecule is O=C(Cc1csc(-c2ccccc2)n1)NC(Cn1cnc2ccccc21)c1ccc(F)cc1. The predicted molar refractivity (Wildman–Crippen MR) is 128 cm³/mol. The molecule has 5 rings (SSSR count). The van der Waals surface area contributed by atoms with Crippen LogP contribution in [0.25, 0.3) is 21.6 Å². The van der Waals surface area contributed by atoms with Crippen molar-refractivity contribution in [2.45, 2.75) is 19.0 Å². The Bertz CT molecular complexity index is 1380. The molecule has 0 aliphatic carbocycles. The fourth-order valence-corrected chi connectivity index (χ4v) is 4.62. The number of rotatable bonds is 7. The minimum absolute atomic E-state index is 0.140. The van der Waals surface area contributed by atoms with E-state index in [2.05, 4.69) is 15.3 Å². The van der Waals surface area contributed by atoms with Gasteiger partial charge in [0.1, 0.15) is 10.8 Å². The molecular formula is C26H21FN4OS. The molecule has 7 heteroatoms. The molecule has 3 aromatic carbocycles. The normalized spacial score (nSPS) is 12.0. The minimum atomic E-state index is -0.345. The van der Waals surface area contributed by atoms with Crippen molar-refractivity contribution in [3.05, 3.63) is 108 Å². The molecule has 1 atom stereocenters. The summed E-state index contributed by atoms with van der Waals surface area (Å²) in [6, 6.07) is 23.6. The summed E-state index contributed by atoms with van der Waals surface area (Å²) in [6.07, 6.45) is 1.94. The van der Waals surface area contributed by atoms with Gasteiger partial charge < -0.3 is 9.88 Å². The molecule has 33 heavy (non-hydrogen) atoms. The third kappa shape index (κ3) is 4.83. The van der Waals surface area contributed by atoms with Gasteiger partial charge in [-0.3, -0.25) is 4.79 Å². The van der Waals surface area contributed by atoms with Gasteiger partial charge in [-0.05, 0) is 29.8 Å². The first-order valence-corrected chi connectivity index (χ1v) is 11.5. The van der Waals surface area contributed by atoms with Gasteiger partial charge in [-0.1, -0.05) is 54.6 Å². The lowest BCUT2D eigenvalue weighted by Crippen LogP contribution is -2.32. The minimum Gasteiger partial charge on any atom is -0.347 e. The first-order valence-electron chi connectivity index (χ1n) is 10.6. The van der Waals surface area contributed by atoms with Crippen molar-refractivity contribution in [1.82, 2.24) is 19.9 Å². The lowest BCUT2D eigenvalue weighted by molar-refractivity contribution is -0.121. The zero-order valence-electron chi connectivity index (χ0n) is 17.7. The van der Waals surface area contributed by atoms with Crippen LogP contribution in [0.4, 0.5) is 4.39 Å². The number of amides is 1. The number of hydrogen-bond donors (Lipinski definition) is 1. The third-order valence-electron chi connectivity index (χ3n) is 5.43. The van der Waals surface area contributed by atoms with Crippen LogP contribution in [-0.2, 0) is 17.8 Å². The number of fused-ring (bicyclic) bond motifs is 1. The Morgan fingerprint density at radius 2 is 1.76 bits per heavy atom. The largest absolute Gasteiger partial charge is 0.347 e. The van der Waals surface area contributed by atoms with E-state index in [0.29, 0.717) is 6.54 Å². The molecule has 5 nitrogen and oxygen atoms in total.